The highest BCUT2D eigenvalue weighted by molar-refractivity contribution is 7.89. The molecule has 2 N–H and O–H groups in total. The number of phenols is 1. The Balaban J connectivity index is 1.76. The summed E-state index contributed by atoms with van der Waals surface area (Å²) < 4.78 is 27.0. The molecule has 28 heavy (non-hydrogen) atoms. The first kappa shape index (κ1) is 20.2. The average Bonchev–Trinajstić information content (AvgIpc) is 2.68. The molecule has 0 saturated carbocycles. The number of piperazine rings is 1. The molecule has 0 radical (unpaired) electrons. The van der Waals surface area contributed by atoms with Gasteiger partial charge in [-0.1, -0.05) is 25.1 Å². The minimum atomic E-state index is -3.62. The van der Waals surface area contributed by atoms with Crippen LogP contribution in [0.15, 0.2) is 47.4 Å². The second-order valence-electron chi connectivity index (χ2n) is 6.75. The van der Waals surface area contributed by atoms with Crippen LogP contribution in [0.25, 0.3) is 0 Å². The largest absolute Gasteiger partial charge is 0.506 e. The third-order valence-electron chi connectivity index (χ3n) is 4.87. The Labute approximate surface area is 165 Å². The number of amides is 1. The van der Waals surface area contributed by atoms with E-state index in [9.17, 15) is 18.3 Å². The maximum absolute atomic E-state index is 13.0. The van der Waals surface area contributed by atoms with E-state index in [2.05, 4.69) is 4.72 Å². The molecule has 150 valence electrons. The number of aromatic hydroxyl groups is 1. The van der Waals surface area contributed by atoms with Crippen molar-refractivity contribution in [2.45, 2.75) is 18.7 Å². The molecule has 2 aromatic carbocycles. The number of benzene rings is 2. The summed E-state index contributed by atoms with van der Waals surface area (Å²) in [6.07, 6.45) is 0. The van der Waals surface area contributed by atoms with Crippen LogP contribution in [0.5, 0.6) is 5.75 Å². The molecule has 1 fully saturated rings. The molecule has 1 heterocycles. The van der Waals surface area contributed by atoms with Gasteiger partial charge in [0.1, 0.15) is 5.75 Å². The Morgan fingerprint density at radius 1 is 1.11 bits per heavy atom. The summed E-state index contributed by atoms with van der Waals surface area (Å²) in [6, 6.07) is 11.8. The van der Waals surface area contributed by atoms with E-state index in [0.29, 0.717) is 31.7 Å². The number of sulfonamides is 1. The molecule has 8 heteroatoms. The number of hydrogen-bond acceptors (Lipinski definition) is 5. The van der Waals surface area contributed by atoms with Gasteiger partial charge in [0.15, 0.2) is 0 Å². The first-order valence-electron chi connectivity index (χ1n) is 9.26. The molecule has 0 atom stereocenters. The van der Waals surface area contributed by atoms with Crippen LogP contribution in [-0.2, 0) is 10.0 Å². The van der Waals surface area contributed by atoms with E-state index in [1.54, 1.807) is 36.9 Å². The van der Waals surface area contributed by atoms with Crippen LogP contribution >= 0.6 is 0 Å². The lowest BCUT2D eigenvalue weighted by molar-refractivity contribution is 0.0745. The molecule has 0 bridgehead atoms. The van der Waals surface area contributed by atoms with E-state index in [1.807, 2.05) is 17.0 Å². The van der Waals surface area contributed by atoms with Gasteiger partial charge in [-0.2, -0.15) is 0 Å². The molecule has 1 amide bonds. The molecule has 1 aliphatic heterocycles. The molecule has 1 saturated heterocycles. The minimum absolute atomic E-state index is 0.0937. The van der Waals surface area contributed by atoms with Crippen LogP contribution in [0.2, 0.25) is 0 Å². The van der Waals surface area contributed by atoms with Crippen molar-refractivity contribution in [2.24, 2.45) is 0 Å². The molecule has 3 rings (SSSR count). The Morgan fingerprint density at radius 3 is 2.43 bits per heavy atom. The van der Waals surface area contributed by atoms with Gasteiger partial charge >= 0.3 is 0 Å². The number of hydrogen-bond donors (Lipinski definition) is 2. The van der Waals surface area contributed by atoms with Crippen LogP contribution in [0, 0.1) is 6.92 Å². The van der Waals surface area contributed by atoms with Gasteiger partial charge < -0.3 is 14.9 Å². The summed E-state index contributed by atoms with van der Waals surface area (Å²) >= 11 is 0. The van der Waals surface area contributed by atoms with E-state index in [1.165, 1.54) is 12.1 Å². The highest BCUT2D eigenvalue weighted by atomic mass is 32.2. The van der Waals surface area contributed by atoms with Crippen molar-refractivity contribution in [2.75, 3.05) is 37.6 Å². The van der Waals surface area contributed by atoms with Crippen LogP contribution in [-0.4, -0.2) is 57.1 Å². The highest BCUT2D eigenvalue weighted by Crippen LogP contribution is 2.27. The molecule has 1 aliphatic rings. The van der Waals surface area contributed by atoms with E-state index in [0.717, 1.165) is 11.3 Å². The number of carbonyl (C=O) groups is 1. The van der Waals surface area contributed by atoms with Crippen LogP contribution in [0.4, 0.5) is 5.69 Å². The fourth-order valence-electron chi connectivity index (χ4n) is 3.32. The van der Waals surface area contributed by atoms with Crippen molar-refractivity contribution in [3.05, 3.63) is 53.6 Å². The first-order chi connectivity index (χ1) is 13.3. The first-order valence-corrected chi connectivity index (χ1v) is 10.7. The smallest absolute Gasteiger partial charge is 0.254 e. The zero-order valence-electron chi connectivity index (χ0n) is 16.1. The highest BCUT2D eigenvalue weighted by Gasteiger charge is 2.25. The van der Waals surface area contributed by atoms with Crippen molar-refractivity contribution in [3.63, 3.8) is 0 Å². The Kier molecular flexibility index (Phi) is 5.90. The lowest BCUT2D eigenvalue weighted by Gasteiger charge is -2.36. The number of aryl methyl sites for hydroxylation is 1. The summed E-state index contributed by atoms with van der Waals surface area (Å²) in [7, 11) is -3.62. The molecule has 0 aliphatic carbocycles. The van der Waals surface area contributed by atoms with E-state index >= 15 is 0 Å². The molecule has 0 unspecified atom stereocenters. The van der Waals surface area contributed by atoms with Crippen molar-refractivity contribution >= 4 is 21.6 Å². The molecule has 2 aromatic rings. The quantitative estimate of drug-likeness (QED) is 0.797. The summed E-state index contributed by atoms with van der Waals surface area (Å²) in [6.45, 7) is 5.98. The standard InChI is InChI=1S/C20H25N3O4S/c1-3-21-28(26,27)16-9-8-15(2)17(14-16)20(25)23-12-10-22(11-13-23)18-6-4-5-7-19(18)24/h4-9,14,21,24H,3,10-13H2,1-2H3. The van der Waals surface area contributed by atoms with Crippen molar-refractivity contribution in [3.8, 4) is 5.75 Å². The second-order valence-corrected chi connectivity index (χ2v) is 8.51. The molecular weight excluding hydrogens is 378 g/mol. The van der Waals surface area contributed by atoms with Gasteiger partial charge in [-0.25, -0.2) is 13.1 Å². The third kappa shape index (κ3) is 4.13. The SMILES string of the molecule is CCNS(=O)(=O)c1ccc(C)c(C(=O)N2CCN(c3ccccc3O)CC2)c1. The number of nitrogens with zero attached hydrogens (tertiary/aromatic N) is 2. The predicted octanol–water partition coefficient (Wildman–Crippen LogP) is 1.96. The van der Waals surface area contributed by atoms with Crippen LogP contribution in [0.3, 0.4) is 0 Å². The van der Waals surface area contributed by atoms with Crippen LogP contribution in [0.1, 0.15) is 22.8 Å². The van der Waals surface area contributed by atoms with Crippen molar-refractivity contribution in [1.82, 2.24) is 9.62 Å². The fraction of sp³-hybridized carbons (Fsp3) is 0.350. The lowest BCUT2D eigenvalue weighted by atomic mass is 10.1. The van der Waals surface area contributed by atoms with Gasteiger partial charge in [0.2, 0.25) is 10.0 Å². The molecular formula is C20H25N3O4S. The monoisotopic (exact) mass is 403 g/mol. The van der Waals surface area contributed by atoms with Gasteiger partial charge in [0, 0.05) is 38.3 Å². The van der Waals surface area contributed by atoms with Gasteiger partial charge in [-0.05, 0) is 36.8 Å². The summed E-state index contributed by atoms with van der Waals surface area (Å²) in [5, 5.41) is 10.0. The van der Waals surface area contributed by atoms with E-state index in [-0.39, 0.29) is 23.1 Å². The van der Waals surface area contributed by atoms with Crippen molar-refractivity contribution < 1.29 is 18.3 Å². The minimum Gasteiger partial charge on any atom is -0.506 e. The van der Waals surface area contributed by atoms with Gasteiger partial charge in [-0.3, -0.25) is 4.79 Å². The van der Waals surface area contributed by atoms with Gasteiger partial charge in [0.25, 0.3) is 5.91 Å². The van der Waals surface area contributed by atoms with E-state index in [4.69, 9.17) is 0 Å². The third-order valence-corrected chi connectivity index (χ3v) is 6.42. The molecule has 0 spiro atoms. The summed E-state index contributed by atoms with van der Waals surface area (Å²) in [5.41, 5.74) is 1.89. The summed E-state index contributed by atoms with van der Waals surface area (Å²) in [4.78, 5) is 16.9. The lowest BCUT2D eigenvalue weighted by Crippen LogP contribution is -2.49. The van der Waals surface area contributed by atoms with Crippen molar-refractivity contribution in [1.29, 1.82) is 0 Å². The number of nitrogens with one attached hydrogen (secondary N) is 1. The molecule has 0 aromatic heterocycles. The van der Waals surface area contributed by atoms with E-state index < -0.39 is 10.0 Å². The van der Waals surface area contributed by atoms with Gasteiger partial charge in [-0.15, -0.1) is 0 Å². The second kappa shape index (κ2) is 8.20. The fourth-order valence-corrected chi connectivity index (χ4v) is 4.39. The Hall–Kier alpha value is -2.58. The maximum Gasteiger partial charge on any atom is 0.254 e. The zero-order valence-corrected chi connectivity index (χ0v) is 16.9. The topological polar surface area (TPSA) is 90.0 Å². The zero-order chi connectivity index (χ0) is 20.3. The maximum atomic E-state index is 13.0. The average molecular weight is 404 g/mol. The van der Waals surface area contributed by atoms with Crippen LogP contribution < -0.4 is 9.62 Å². The summed E-state index contributed by atoms with van der Waals surface area (Å²) in [5.74, 6) is 0.0439. The number of rotatable bonds is 5. The number of anilines is 1. The number of carbonyl (C=O) groups excluding carboxylic acids is 1. The van der Waals surface area contributed by atoms with Gasteiger partial charge in [0.05, 0.1) is 10.6 Å². The number of para-hydroxylation sites is 2. The number of phenolic OH excluding ortho intramolecular Hbond substituents is 1. The molecule has 7 nitrogen and oxygen atoms in total. The Bertz CT molecular complexity index is 967. The Morgan fingerprint density at radius 2 is 1.79 bits per heavy atom. The predicted molar refractivity (Wildman–Crippen MR) is 108 cm³/mol. The normalized spacial score (nSPS) is 14.9.